The number of anilines is 3. The fourth-order valence-corrected chi connectivity index (χ4v) is 7.75. The van der Waals surface area contributed by atoms with Crippen molar-refractivity contribution in [1.29, 1.82) is 0 Å². The van der Waals surface area contributed by atoms with Gasteiger partial charge in [0.25, 0.3) is 5.91 Å². The lowest BCUT2D eigenvalue weighted by Crippen LogP contribution is -2.38. The molecule has 0 aliphatic carbocycles. The molecule has 1 saturated heterocycles. The maximum atomic E-state index is 13.0. The number of primary amides is 1. The molecule has 59 heavy (non-hydrogen) atoms. The molecule has 0 bridgehead atoms. The van der Waals surface area contributed by atoms with Crippen LogP contribution in [0.2, 0.25) is 0 Å². The predicted molar refractivity (Wildman–Crippen MR) is 235 cm³/mol. The van der Waals surface area contributed by atoms with Crippen LogP contribution in [0.1, 0.15) is 42.4 Å². The lowest BCUT2D eigenvalue weighted by Gasteiger charge is -2.26. The SMILES string of the molecule is Cc1ccc(C(N)=O)cc1Cc1nc(-c2cccnc2)cs1.Cc1ccc(NC(=O)c2cccc(OCCN3CCOCC3)c2)cc1Nc1nc(-c2cccnc2)cs1. The van der Waals surface area contributed by atoms with Gasteiger partial charge in [0.1, 0.15) is 12.4 Å². The summed E-state index contributed by atoms with van der Waals surface area (Å²) in [5.74, 6) is 0.0818. The van der Waals surface area contributed by atoms with Crippen LogP contribution in [0.3, 0.4) is 0 Å². The second-order valence-electron chi connectivity index (χ2n) is 13.8. The number of thiazole rings is 2. The number of nitrogens with one attached hydrogen (secondary N) is 2. The third-order valence-corrected chi connectivity index (χ3v) is 11.2. The normalized spacial score (nSPS) is 12.6. The van der Waals surface area contributed by atoms with E-state index in [9.17, 15) is 9.59 Å². The Kier molecular flexibility index (Phi) is 13.8. The number of amides is 2. The number of ether oxygens (including phenoxy) is 2. The molecule has 0 radical (unpaired) electrons. The molecule has 12 nitrogen and oxygen atoms in total. The highest BCUT2D eigenvalue weighted by atomic mass is 32.1. The monoisotopic (exact) mass is 824 g/mol. The number of carbonyl (C=O) groups is 2. The molecule has 1 aliphatic rings. The van der Waals surface area contributed by atoms with Gasteiger partial charge in [-0.25, -0.2) is 9.97 Å². The molecule has 7 aromatic rings. The molecule has 4 N–H and O–H groups in total. The van der Waals surface area contributed by atoms with Crippen molar-refractivity contribution in [3.63, 3.8) is 0 Å². The number of nitrogens with zero attached hydrogens (tertiary/aromatic N) is 5. The Morgan fingerprint density at radius 3 is 2.27 bits per heavy atom. The topological polar surface area (TPSA) is 157 Å². The van der Waals surface area contributed by atoms with E-state index in [0.717, 1.165) is 87.9 Å². The second kappa shape index (κ2) is 19.9. The van der Waals surface area contributed by atoms with E-state index in [1.165, 1.54) is 11.3 Å². The number of nitrogens with two attached hydrogens (primary N) is 1. The summed E-state index contributed by atoms with van der Waals surface area (Å²) in [6.45, 7) is 8.82. The lowest BCUT2D eigenvalue weighted by molar-refractivity contribution is 0.0322. The van der Waals surface area contributed by atoms with Gasteiger partial charge in [0.05, 0.1) is 29.6 Å². The van der Waals surface area contributed by atoms with E-state index >= 15 is 0 Å². The highest BCUT2D eigenvalue weighted by molar-refractivity contribution is 7.14. The average Bonchev–Trinajstić information content (AvgIpc) is 3.94. The molecule has 3 aromatic carbocycles. The van der Waals surface area contributed by atoms with Gasteiger partial charge in [0.15, 0.2) is 5.13 Å². The van der Waals surface area contributed by atoms with Gasteiger partial charge >= 0.3 is 0 Å². The number of hydrogen-bond donors (Lipinski definition) is 3. The molecule has 0 saturated carbocycles. The predicted octanol–water partition coefficient (Wildman–Crippen LogP) is 8.42. The Morgan fingerprint density at radius 1 is 0.814 bits per heavy atom. The fourth-order valence-electron chi connectivity index (χ4n) is 6.19. The highest BCUT2D eigenvalue weighted by Crippen LogP contribution is 2.30. The maximum absolute atomic E-state index is 13.0. The summed E-state index contributed by atoms with van der Waals surface area (Å²) in [7, 11) is 0. The first-order valence-corrected chi connectivity index (χ1v) is 20.9. The summed E-state index contributed by atoms with van der Waals surface area (Å²) in [5, 5.41) is 12.2. The number of hydrogen-bond acceptors (Lipinski definition) is 12. The highest BCUT2D eigenvalue weighted by Gasteiger charge is 2.13. The van der Waals surface area contributed by atoms with Crippen LogP contribution in [0.4, 0.5) is 16.5 Å². The van der Waals surface area contributed by atoms with Crippen LogP contribution in [-0.2, 0) is 11.2 Å². The van der Waals surface area contributed by atoms with Crippen LogP contribution in [0.15, 0.2) is 120 Å². The number of aromatic nitrogens is 4. The Bertz CT molecular complexity index is 2490. The molecule has 300 valence electrons. The van der Waals surface area contributed by atoms with Crippen molar-refractivity contribution in [3.8, 4) is 28.3 Å². The molecule has 0 atom stereocenters. The Balaban J connectivity index is 0.000000204. The Labute approximate surface area is 351 Å². The molecule has 14 heteroatoms. The Hall–Kier alpha value is -6.32. The van der Waals surface area contributed by atoms with Crippen molar-refractivity contribution in [1.82, 2.24) is 24.8 Å². The number of benzene rings is 3. The standard InChI is InChI=1S/C28H29N5O3S.C17H15N3OS/c1-20-7-8-23(17-25(20)31-28-32-26(19-37-28)22-5-3-9-29-18-22)30-27(34)21-4-2-6-24(16-21)36-15-12-33-10-13-35-14-11-33;1-11-4-5-12(17(18)21)7-14(11)8-16-20-15(10-22-16)13-3-2-6-19-9-13/h2-9,16-19H,10-15H2,1H3,(H,30,34)(H,31,32);2-7,9-10H,8H2,1H3,(H2,18,21). The summed E-state index contributed by atoms with van der Waals surface area (Å²) in [6.07, 6.45) is 7.78. The van der Waals surface area contributed by atoms with Gasteiger partial charge in [-0.15, -0.1) is 22.7 Å². The maximum Gasteiger partial charge on any atom is 0.255 e. The summed E-state index contributed by atoms with van der Waals surface area (Å²) >= 11 is 3.13. The van der Waals surface area contributed by atoms with E-state index in [1.807, 2.05) is 91.3 Å². The molecule has 8 rings (SSSR count). The minimum absolute atomic E-state index is 0.193. The van der Waals surface area contributed by atoms with Gasteiger partial charge in [-0.3, -0.25) is 24.5 Å². The van der Waals surface area contributed by atoms with Crippen molar-refractivity contribution in [3.05, 3.63) is 153 Å². The first-order chi connectivity index (χ1) is 28.8. The molecular formula is C45H44N8O4S2. The number of aryl methyl sites for hydroxylation is 2. The summed E-state index contributed by atoms with van der Waals surface area (Å²) in [5.41, 5.74) is 15.0. The van der Waals surface area contributed by atoms with Gasteiger partial charge in [-0.1, -0.05) is 18.2 Å². The summed E-state index contributed by atoms with van der Waals surface area (Å²) < 4.78 is 11.3. The van der Waals surface area contributed by atoms with Crippen LogP contribution in [0.5, 0.6) is 5.75 Å². The van der Waals surface area contributed by atoms with E-state index in [-0.39, 0.29) is 5.91 Å². The summed E-state index contributed by atoms with van der Waals surface area (Å²) in [6, 6.07) is 26.3. The van der Waals surface area contributed by atoms with Crippen LogP contribution in [0.25, 0.3) is 22.5 Å². The molecule has 1 aliphatic heterocycles. The van der Waals surface area contributed by atoms with E-state index in [2.05, 4.69) is 35.5 Å². The van der Waals surface area contributed by atoms with Crippen LogP contribution < -0.4 is 21.1 Å². The number of carbonyl (C=O) groups excluding carboxylic acids is 2. The van der Waals surface area contributed by atoms with E-state index < -0.39 is 5.91 Å². The Morgan fingerprint density at radius 2 is 1.54 bits per heavy atom. The van der Waals surface area contributed by atoms with Crippen LogP contribution >= 0.6 is 22.7 Å². The van der Waals surface area contributed by atoms with Crippen molar-refractivity contribution >= 4 is 51.0 Å². The third kappa shape index (κ3) is 11.4. The number of morpholine rings is 1. The molecule has 0 unspecified atom stereocenters. The van der Waals surface area contributed by atoms with Gasteiger partial charge in [-0.2, -0.15) is 0 Å². The van der Waals surface area contributed by atoms with Crippen molar-refractivity contribution < 1.29 is 19.1 Å². The lowest BCUT2D eigenvalue weighted by atomic mass is 10.0. The van der Waals surface area contributed by atoms with E-state index in [4.69, 9.17) is 15.2 Å². The fraction of sp³-hybridized carbons (Fsp3) is 0.200. The quantitative estimate of drug-likeness (QED) is 0.103. The minimum Gasteiger partial charge on any atom is -0.492 e. The molecular weight excluding hydrogens is 781 g/mol. The first kappa shape index (κ1) is 40.9. The molecule has 4 aromatic heterocycles. The van der Waals surface area contributed by atoms with Gasteiger partial charge in [-0.05, 0) is 97.3 Å². The van der Waals surface area contributed by atoms with Crippen molar-refractivity contribution in [2.75, 3.05) is 50.1 Å². The number of pyridine rings is 2. The van der Waals surface area contributed by atoms with E-state index in [0.29, 0.717) is 35.6 Å². The van der Waals surface area contributed by atoms with Crippen molar-refractivity contribution in [2.24, 2.45) is 5.73 Å². The summed E-state index contributed by atoms with van der Waals surface area (Å²) in [4.78, 5) is 44.2. The largest absolute Gasteiger partial charge is 0.492 e. The first-order valence-electron chi connectivity index (χ1n) is 19.1. The average molecular weight is 825 g/mol. The molecule has 5 heterocycles. The van der Waals surface area contributed by atoms with Crippen molar-refractivity contribution in [2.45, 2.75) is 20.3 Å². The number of rotatable bonds is 13. The van der Waals surface area contributed by atoms with Gasteiger partial charge in [0.2, 0.25) is 5.91 Å². The third-order valence-electron chi connectivity index (χ3n) is 9.56. The molecule has 1 fully saturated rings. The van der Waals surface area contributed by atoms with Crippen LogP contribution in [0, 0.1) is 13.8 Å². The van der Waals surface area contributed by atoms with Gasteiger partial charge < -0.3 is 25.8 Å². The smallest absolute Gasteiger partial charge is 0.255 e. The van der Waals surface area contributed by atoms with Gasteiger partial charge in [0, 0.05) is 95.2 Å². The second-order valence-corrected chi connectivity index (χ2v) is 15.6. The zero-order chi connectivity index (χ0) is 41.0. The van der Waals surface area contributed by atoms with Crippen LogP contribution in [-0.4, -0.2) is 76.1 Å². The zero-order valence-electron chi connectivity index (χ0n) is 32.8. The molecule has 2 amide bonds. The van der Waals surface area contributed by atoms with E-state index in [1.54, 1.807) is 54.3 Å². The zero-order valence-corrected chi connectivity index (χ0v) is 34.4. The molecule has 0 spiro atoms. The minimum atomic E-state index is -0.406.